The van der Waals surface area contributed by atoms with Gasteiger partial charge < -0.3 is 14.8 Å². The molecule has 3 heterocycles. The molecule has 1 amide bonds. The lowest BCUT2D eigenvalue weighted by atomic mass is 10.3. The van der Waals surface area contributed by atoms with Crippen LogP contribution in [0.5, 0.6) is 11.5 Å². The Hall–Kier alpha value is -3.33. The van der Waals surface area contributed by atoms with E-state index in [4.69, 9.17) is 9.47 Å². The summed E-state index contributed by atoms with van der Waals surface area (Å²) >= 11 is 1.32. The van der Waals surface area contributed by atoms with Crippen LogP contribution in [0.1, 0.15) is 0 Å². The largest absolute Gasteiger partial charge is 0.454 e. The first kappa shape index (κ1) is 15.9. The lowest BCUT2D eigenvalue weighted by molar-refractivity contribution is -0.113. The lowest BCUT2D eigenvalue weighted by Gasteiger charge is -2.07. The summed E-state index contributed by atoms with van der Waals surface area (Å²) in [5, 5.41) is 11.6. The fourth-order valence-corrected chi connectivity index (χ4v) is 3.65. The summed E-state index contributed by atoms with van der Waals surface area (Å²) < 4.78 is 12.5. The van der Waals surface area contributed by atoms with E-state index in [9.17, 15) is 4.79 Å². The minimum Gasteiger partial charge on any atom is -0.454 e. The number of para-hydroxylation sites is 2. The maximum Gasteiger partial charge on any atom is 0.234 e. The number of thioether (sulfide) groups is 1. The number of aromatic nitrogens is 4. The first-order valence-electron chi connectivity index (χ1n) is 8.19. The van der Waals surface area contributed by atoms with Gasteiger partial charge in [-0.3, -0.25) is 9.20 Å². The summed E-state index contributed by atoms with van der Waals surface area (Å²) in [7, 11) is 0. The summed E-state index contributed by atoms with van der Waals surface area (Å²) in [4.78, 5) is 17.0. The standard InChI is InChI=1S/C18H13N5O3S/c24-16(20-11-5-6-14-15(7-11)26-10-25-14)8-27-18-17-22-19-9-23(17)13-4-2-1-3-12(13)21-18/h1-7,9H,8,10H2,(H,20,24). The quantitative estimate of drug-likeness (QED) is 0.545. The van der Waals surface area contributed by atoms with E-state index >= 15 is 0 Å². The number of nitrogens with one attached hydrogen (secondary N) is 1. The van der Waals surface area contributed by atoms with Crippen LogP contribution in [-0.2, 0) is 4.79 Å². The van der Waals surface area contributed by atoms with E-state index in [1.54, 1.807) is 24.5 Å². The van der Waals surface area contributed by atoms with Gasteiger partial charge in [-0.1, -0.05) is 23.9 Å². The number of fused-ring (bicyclic) bond motifs is 4. The molecule has 0 atom stereocenters. The molecule has 4 aromatic rings. The van der Waals surface area contributed by atoms with Crippen LogP contribution in [-0.4, -0.2) is 38.0 Å². The molecule has 0 fully saturated rings. The van der Waals surface area contributed by atoms with Gasteiger partial charge in [-0.2, -0.15) is 0 Å². The number of amides is 1. The van der Waals surface area contributed by atoms with Gasteiger partial charge in [-0.15, -0.1) is 10.2 Å². The molecule has 0 aliphatic carbocycles. The van der Waals surface area contributed by atoms with E-state index in [1.165, 1.54) is 11.8 Å². The summed E-state index contributed by atoms with van der Waals surface area (Å²) in [5.41, 5.74) is 3.04. The van der Waals surface area contributed by atoms with Gasteiger partial charge in [0.25, 0.3) is 0 Å². The van der Waals surface area contributed by atoms with Crippen molar-refractivity contribution in [2.24, 2.45) is 0 Å². The summed E-state index contributed by atoms with van der Waals surface area (Å²) in [6.07, 6.45) is 1.65. The number of rotatable bonds is 4. The average molecular weight is 379 g/mol. The predicted molar refractivity (Wildman–Crippen MR) is 100 cm³/mol. The monoisotopic (exact) mass is 379 g/mol. The molecule has 0 radical (unpaired) electrons. The van der Waals surface area contributed by atoms with Crippen molar-refractivity contribution in [1.29, 1.82) is 0 Å². The third-order valence-electron chi connectivity index (χ3n) is 4.10. The van der Waals surface area contributed by atoms with Gasteiger partial charge in [0, 0.05) is 11.8 Å². The average Bonchev–Trinajstić information content (AvgIpc) is 3.35. The van der Waals surface area contributed by atoms with E-state index in [-0.39, 0.29) is 18.5 Å². The van der Waals surface area contributed by atoms with Crippen LogP contribution in [0.25, 0.3) is 16.7 Å². The molecule has 2 aromatic carbocycles. The maximum absolute atomic E-state index is 12.3. The van der Waals surface area contributed by atoms with Crippen LogP contribution in [0.15, 0.2) is 53.8 Å². The number of carbonyl (C=O) groups is 1. The molecule has 0 saturated carbocycles. The summed E-state index contributed by atoms with van der Waals surface area (Å²) in [6, 6.07) is 13.0. The van der Waals surface area contributed by atoms with Gasteiger partial charge in [-0.25, -0.2) is 4.98 Å². The number of hydrogen-bond donors (Lipinski definition) is 1. The molecular weight excluding hydrogens is 366 g/mol. The van der Waals surface area contributed by atoms with Crippen molar-refractivity contribution in [3.05, 3.63) is 48.8 Å². The van der Waals surface area contributed by atoms with Gasteiger partial charge in [0.1, 0.15) is 11.4 Å². The number of hydrogen-bond acceptors (Lipinski definition) is 7. The number of nitrogens with zero attached hydrogens (tertiary/aromatic N) is 4. The molecule has 1 aliphatic heterocycles. The van der Waals surface area contributed by atoms with Gasteiger partial charge in [0.05, 0.1) is 16.8 Å². The van der Waals surface area contributed by atoms with Crippen LogP contribution in [0, 0.1) is 0 Å². The Morgan fingerprint density at radius 2 is 2.07 bits per heavy atom. The zero-order valence-electron chi connectivity index (χ0n) is 14.0. The van der Waals surface area contributed by atoms with E-state index in [0.29, 0.717) is 27.9 Å². The second-order valence-electron chi connectivity index (χ2n) is 5.84. The second-order valence-corrected chi connectivity index (χ2v) is 6.80. The second kappa shape index (κ2) is 6.44. The summed E-state index contributed by atoms with van der Waals surface area (Å²) in [6.45, 7) is 0.199. The fourth-order valence-electron chi connectivity index (χ4n) is 2.88. The molecule has 134 valence electrons. The van der Waals surface area contributed by atoms with Gasteiger partial charge in [-0.05, 0) is 24.3 Å². The summed E-state index contributed by atoms with van der Waals surface area (Å²) in [5.74, 6) is 1.35. The van der Waals surface area contributed by atoms with Gasteiger partial charge >= 0.3 is 0 Å². The zero-order chi connectivity index (χ0) is 18.2. The third kappa shape index (κ3) is 2.91. The van der Waals surface area contributed by atoms with E-state index < -0.39 is 0 Å². The molecule has 9 heteroatoms. The van der Waals surface area contributed by atoms with Crippen LogP contribution in [0.3, 0.4) is 0 Å². The maximum atomic E-state index is 12.3. The highest BCUT2D eigenvalue weighted by Crippen LogP contribution is 2.34. The van der Waals surface area contributed by atoms with Crippen LogP contribution in [0.4, 0.5) is 5.69 Å². The molecule has 2 aromatic heterocycles. The molecule has 1 aliphatic rings. The van der Waals surface area contributed by atoms with E-state index in [0.717, 1.165) is 11.0 Å². The molecule has 0 spiro atoms. The Balaban J connectivity index is 1.34. The predicted octanol–water partition coefficient (Wildman–Crippen LogP) is 2.74. The third-order valence-corrected chi connectivity index (χ3v) is 5.05. The first-order valence-corrected chi connectivity index (χ1v) is 9.17. The van der Waals surface area contributed by atoms with E-state index in [2.05, 4.69) is 20.5 Å². The Kier molecular flexibility index (Phi) is 3.79. The molecule has 1 N–H and O–H groups in total. The molecular formula is C18H13N5O3S. The minimum absolute atomic E-state index is 0.147. The van der Waals surface area contributed by atoms with Gasteiger partial charge in [0.2, 0.25) is 12.7 Å². The van der Waals surface area contributed by atoms with Crippen LogP contribution < -0.4 is 14.8 Å². The molecule has 8 nitrogen and oxygen atoms in total. The fraction of sp³-hybridized carbons (Fsp3) is 0.111. The molecule has 5 rings (SSSR count). The first-order chi connectivity index (χ1) is 13.3. The lowest BCUT2D eigenvalue weighted by Crippen LogP contribution is -2.14. The Bertz CT molecular complexity index is 1180. The SMILES string of the molecule is O=C(CSc1nc2ccccc2n2cnnc12)Nc1ccc2c(c1)OCO2. The number of ether oxygens (including phenoxy) is 2. The van der Waals surface area contributed by atoms with Crippen LogP contribution >= 0.6 is 11.8 Å². The highest BCUT2D eigenvalue weighted by atomic mass is 32.2. The normalized spacial score (nSPS) is 12.6. The van der Waals surface area contributed by atoms with Crippen molar-refractivity contribution in [2.75, 3.05) is 17.9 Å². The molecule has 27 heavy (non-hydrogen) atoms. The molecule has 0 unspecified atom stereocenters. The molecule has 0 saturated heterocycles. The van der Waals surface area contributed by atoms with Gasteiger partial charge in [0.15, 0.2) is 17.1 Å². The highest BCUT2D eigenvalue weighted by molar-refractivity contribution is 8.00. The van der Waals surface area contributed by atoms with Crippen molar-refractivity contribution < 1.29 is 14.3 Å². The smallest absolute Gasteiger partial charge is 0.234 e. The number of anilines is 1. The van der Waals surface area contributed by atoms with Crippen molar-refractivity contribution in [1.82, 2.24) is 19.6 Å². The molecule has 0 bridgehead atoms. The van der Waals surface area contributed by atoms with Crippen molar-refractivity contribution >= 4 is 40.0 Å². The number of carbonyl (C=O) groups excluding carboxylic acids is 1. The van der Waals surface area contributed by atoms with Crippen molar-refractivity contribution in [3.63, 3.8) is 0 Å². The van der Waals surface area contributed by atoms with E-state index in [1.807, 2.05) is 28.7 Å². The topological polar surface area (TPSA) is 90.6 Å². The van der Waals surface area contributed by atoms with Crippen molar-refractivity contribution in [3.8, 4) is 11.5 Å². The minimum atomic E-state index is -0.147. The Morgan fingerprint density at radius 1 is 1.19 bits per heavy atom. The number of benzene rings is 2. The highest BCUT2D eigenvalue weighted by Gasteiger charge is 2.15. The van der Waals surface area contributed by atoms with Crippen LogP contribution in [0.2, 0.25) is 0 Å². The Labute approximate surface area is 157 Å². The zero-order valence-corrected chi connectivity index (χ0v) is 14.8. The van der Waals surface area contributed by atoms with Crippen molar-refractivity contribution in [2.45, 2.75) is 5.03 Å². The Morgan fingerprint density at radius 3 is 3.04 bits per heavy atom.